The van der Waals surface area contributed by atoms with E-state index in [-0.39, 0.29) is 36.0 Å². The largest absolute Gasteiger partial charge is 0.480 e. The summed E-state index contributed by atoms with van der Waals surface area (Å²) < 4.78 is 33.5. The molecule has 224 valence electrons. The number of carboxylic acids is 1. The van der Waals surface area contributed by atoms with Gasteiger partial charge in [0.05, 0.1) is 12.4 Å². The van der Waals surface area contributed by atoms with Crippen LogP contribution in [-0.4, -0.2) is 66.1 Å². The first-order chi connectivity index (χ1) is 20.7. The maximum Gasteiger partial charge on any atom is 0.408 e. The number of nitrogens with zero attached hydrogens (tertiary/aromatic N) is 4. The number of nitrogens with one attached hydrogen (secondary N) is 4. The summed E-state index contributed by atoms with van der Waals surface area (Å²) in [4.78, 5) is 55.1. The van der Waals surface area contributed by atoms with Crippen LogP contribution in [0.15, 0.2) is 43.0 Å². The van der Waals surface area contributed by atoms with Crippen molar-refractivity contribution >= 4 is 34.8 Å². The summed E-state index contributed by atoms with van der Waals surface area (Å²) >= 11 is 0. The molecule has 0 saturated heterocycles. The molecule has 5 N–H and O–H groups in total. The minimum atomic E-state index is -1.20. The number of hydrogen-bond acceptors (Lipinski definition) is 9. The number of halogens is 2. The number of rotatable bonds is 9. The highest BCUT2D eigenvalue weighted by Gasteiger charge is 2.26. The number of pyridine rings is 2. The molecule has 2 amide bonds. The number of anilines is 1. The quantitative estimate of drug-likeness (QED) is 0.192. The average Bonchev–Trinajstić information content (AvgIpc) is 3.40. The first-order valence-corrected chi connectivity index (χ1v) is 13.5. The molecule has 0 unspecified atom stereocenters. The Kier molecular flexibility index (Phi) is 8.69. The molecule has 0 bridgehead atoms. The molecule has 4 heterocycles. The monoisotopic (exact) mass is 594 g/mol. The number of alkyl carbamates (subject to hydrolysis) is 1. The number of aromatic nitrogens is 5. The van der Waals surface area contributed by atoms with Gasteiger partial charge in [0.15, 0.2) is 17.5 Å². The number of hydrogen-bond donors (Lipinski definition) is 5. The second kappa shape index (κ2) is 12.8. The van der Waals surface area contributed by atoms with E-state index in [2.05, 4.69) is 40.9 Å². The summed E-state index contributed by atoms with van der Waals surface area (Å²) in [5.41, 5.74) is 1.54. The van der Waals surface area contributed by atoms with Crippen molar-refractivity contribution in [3.8, 4) is 11.4 Å². The van der Waals surface area contributed by atoms with E-state index in [0.29, 0.717) is 35.0 Å². The van der Waals surface area contributed by atoms with Crippen LogP contribution in [0.1, 0.15) is 48.7 Å². The summed E-state index contributed by atoms with van der Waals surface area (Å²) in [5.74, 6) is -2.59. The molecule has 15 heteroatoms. The molecule has 1 aliphatic carbocycles. The summed E-state index contributed by atoms with van der Waals surface area (Å²) in [6.45, 7) is 1.12. The van der Waals surface area contributed by atoms with Gasteiger partial charge in [0.25, 0.3) is 5.91 Å². The van der Waals surface area contributed by atoms with Gasteiger partial charge in [0.2, 0.25) is 0 Å². The third-order valence-electron chi connectivity index (χ3n) is 6.96. The molecule has 0 aromatic carbocycles. The molecule has 5 rings (SSSR count). The highest BCUT2D eigenvalue weighted by molar-refractivity contribution is 5.93. The molecular formula is C28H28F2N8O5. The van der Waals surface area contributed by atoms with Gasteiger partial charge in [-0.15, -0.1) is 0 Å². The van der Waals surface area contributed by atoms with Crippen molar-refractivity contribution in [3.63, 3.8) is 0 Å². The zero-order chi connectivity index (χ0) is 30.5. The average molecular weight is 595 g/mol. The SMILES string of the molecule is C[C@@H](NC(=O)OCc1ccnc(C(=O)N[C@@H]2CCC[C@H](Nc3nc(-c4c[nH]c5ncc(F)cc45)ncc3F)C2)c1)C(=O)O. The van der Waals surface area contributed by atoms with Crippen molar-refractivity contribution < 1.29 is 33.0 Å². The zero-order valence-corrected chi connectivity index (χ0v) is 22.9. The van der Waals surface area contributed by atoms with Crippen molar-refractivity contribution in [2.24, 2.45) is 0 Å². The van der Waals surface area contributed by atoms with Crippen molar-refractivity contribution in [1.82, 2.24) is 35.6 Å². The van der Waals surface area contributed by atoms with Crippen molar-refractivity contribution in [2.75, 3.05) is 5.32 Å². The van der Waals surface area contributed by atoms with Crippen LogP contribution >= 0.6 is 0 Å². The Labute approximate surface area is 243 Å². The van der Waals surface area contributed by atoms with Gasteiger partial charge in [0.1, 0.15) is 29.8 Å². The fourth-order valence-electron chi connectivity index (χ4n) is 4.78. The van der Waals surface area contributed by atoms with Crippen LogP contribution in [0.3, 0.4) is 0 Å². The third-order valence-corrected chi connectivity index (χ3v) is 6.96. The predicted molar refractivity (Wildman–Crippen MR) is 149 cm³/mol. The van der Waals surface area contributed by atoms with Gasteiger partial charge in [0, 0.05) is 35.4 Å². The molecule has 1 saturated carbocycles. The van der Waals surface area contributed by atoms with Gasteiger partial charge in [-0.2, -0.15) is 0 Å². The van der Waals surface area contributed by atoms with Crippen LogP contribution in [0.2, 0.25) is 0 Å². The van der Waals surface area contributed by atoms with Crippen molar-refractivity contribution in [2.45, 2.75) is 57.3 Å². The fourth-order valence-corrected chi connectivity index (χ4v) is 4.78. The maximum atomic E-state index is 14.7. The van der Waals surface area contributed by atoms with E-state index < -0.39 is 35.6 Å². The van der Waals surface area contributed by atoms with E-state index >= 15 is 0 Å². The molecule has 3 atom stereocenters. The Hall–Kier alpha value is -5.21. The van der Waals surface area contributed by atoms with Crippen molar-refractivity contribution in [3.05, 3.63) is 65.9 Å². The van der Waals surface area contributed by atoms with Gasteiger partial charge in [-0.25, -0.2) is 28.5 Å². The molecule has 43 heavy (non-hydrogen) atoms. The summed E-state index contributed by atoms with van der Waals surface area (Å²) in [6, 6.07) is 2.81. The topological polar surface area (TPSA) is 184 Å². The van der Waals surface area contributed by atoms with Crippen LogP contribution in [0, 0.1) is 11.6 Å². The fraction of sp³-hybridized carbons (Fsp3) is 0.321. The van der Waals surface area contributed by atoms with Gasteiger partial charge in [-0.05, 0) is 56.4 Å². The highest BCUT2D eigenvalue weighted by Crippen LogP contribution is 2.28. The Morgan fingerprint density at radius 3 is 2.77 bits per heavy atom. The highest BCUT2D eigenvalue weighted by atomic mass is 19.1. The minimum Gasteiger partial charge on any atom is -0.480 e. The second-order valence-corrected chi connectivity index (χ2v) is 10.2. The lowest BCUT2D eigenvalue weighted by Crippen LogP contribution is -2.42. The number of H-pyrrole nitrogens is 1. The maximum absolute atomic E-state index is 14.7. The lowest BCUT2D eigenvalue weighted by atomic mass is 9.91. The van der Waals surface area contributed by atoms with Gasteiger partial charge >= 0.3 is 12.1 Å². The number of amides is 2. The Morgan fingerprint density at radius 1 is 1.14 bits per heavy atom. The smallest absolute Gasteiger partial charge is 0.408 e. The first kappa shape index (κ1) is 29.3. The molecule has 13 nitrogen and oxygen atoms in total. The summed E-state index contributed by atoms with van der Waals surface area (Å²) in [6.07, 6.45) is 6.93. The van der Waals surface area contributed by atoms with E-state index in [0.717, 1.165) is 25.2 Å². The lowest BCUT2D eigenvalue weighted by molar-refractivity contribution is -0.138. The molecule has 0 aliphatic heterocycles. The van der Waals surface area contributed by atoms with E-state index in [1.807, 2.05) is 0 Å². The molecule has 0 spiro atoms. The second-order valence-electron chi connectivity index (χ2n) is 10.2. The van der Waals surface area contributed by atoms with E-state index in [1.54, 1.807) is 12.3 Å². The van der Waals surface area contributed by atoms with Crippen LogP contribution < -0.4 is 16.0 Å². The molecule has 1 aliphatic rings. The Bertz CT molecular complexity index is 1670. The predicted octanol–water partition coefficient (Wildman–Crippen LogP) is 3.55. The number of ether oxygens (including phenoxy) is 1. The minimum absolute atomic E-state index is 0.00292. The van der Waals surface area contributed by atoms with Gasteiger partial charge in [-0.1, -0.05) is 0 Å². The van der Waals surface area contributed by atoms with Gasteiger partial charge in [-0.3, -0.25) is 14.6 Å². The summed E-state index contributed by atoms with van der Waals surface area (Å²) in [5, 5.41) is 17.6. The number of fused-ring (bicyclic) bond motifs is 1. The Balaban J connectivity index is 1.19. The van der Waals surface area contributed by atoms with E-state index in [4.69, 9.17) is 9.84 Å². The molecule has 1 fully saturated rings. The molecule has 4 aromatic heterocycles. The molecular weight excluding hydrogens is 566 g/mol. The zero-order valence-electron chi connectivity index (χ0n) is 22.9. The number of aliphatic carboxylic acids is 1. The lowest BCUT2D eigenvalue weighted by Gasteiger charge is -2.30. The normalized spacial score (nSPS) is 17.2. The van der Waals surface area contributed by atoms with E-state index in [1.165, 1.54) is 25.3 Å². The Morgan fingerprint density at radius 2 is 1.95 bits per heavy atom. The first-order valence-electron chi connectivity index (χ1n) is 13.5. The van der Waals surface area contributed by atoms with Crippen molar-refractivity contribution in [1.29, 1.82) is 0 Å². The number of carbonyl (C=O) groups is 3. The van der Waals surface area contributed by atoms with Crippen LogP contribution in [0.5, 0.6) is 0 Å². The standard InChI is InChI=1S/C28H28F2N8O5/c1-14(27(40)41)35-28(42)43-13-15-5-6-31-22(7-15)26(39)37-18-4-2-3-17(9-18)36-25-21(30)12-34-24(38-25)20-11-33-23-19(20)8-16(29)10-32-23/h5-8,10-12,14,17-18H,2-4,9,13H2,1H3,(H,32,33)(H,35,42)(H,37,39)(H,40,41)(H,34,36,38)/t14-,17+,18-/m1/s1. The van der Waals surface area contributed by atoms with E-state index in [9.17, 15) is 23.2 Å². The summed E-state index contributed by atoms with van der Waals surface area (Å²) in [7, 11) is 0. The number of carboxylic acid groups (broad SMARTS) is 1. The van der Waals surface area contributed by atoms with Gasteiger partial charge < -0.3 is 30.8 Å². The molecule has 4 aromatic rings. The number of aromatic amines is 1. The molecule has 0 radical (unpaired) electrons. The third kappa shape index (κ3) is 7.17. The van der Waals surface area contributed by atoms with Crippen LogP contribution in [-0.2, 0) is 16.1 Å². The van der Waals surface area contributed by atoms with Crippen LogP contribution in [0.25, 0.3) is 22.4 Å². The number of carbonyl (C=O) groups excluding carboxylic acids is 2. The van der Waals surface area contributed by atoms with Crippen LogP contribution in [0.4, 0.5) is 19.4 Å².